The van der Waals surface area contributed by atoms with E-state index in [4.69, 9.17) is 4.99 Å². The quantitative estimate of drug-likeness (QED) is 0.177. The van der Waals surface area contributed by atoms with Crippen molar-refractivity contribution in [1.29, 1.82) is 0 Å². The molecule has 0 amide bonds. The Hall–Kier alpha value is -6.29. The van der Waals surface area contributed by atoms with E-state index in [0.717, 1.165) is 17.0 Å². The van der Waals surface area contributed by atoms with Gasteiger partial charge in [-0.15, -0.1) is 0 Å². The van der Waals surface area contributed by atoms with Crippen LogP contribution < -0.4 is 10.6 Å². The third-order valence-corrected chi connectivity index (χ3v) is 11.4. The monoisotopic (exact) mass is 681 g/mol. The van der Waals surface area contributed by atoms with Crippen LogP contribution in [0.4, 0.5) is 0 Å². The van der Waals surface area contributed by atoms with E-state index in [1.165, 1.54) is 71.6 Å². The first kappa shape index (κ1) is 31.4. The third-order valence-electron chi connectivity index (χ3n) is 11.4. The van der Waals surface area contributed by atoms with E-state index >= 15 is 0 Å². The molecule has 2 atom stereocenters. The molecule has 0 fully saturated rings. The minimum Gasteiger partial charge on any atom is -0.350 e. The molecule has 1 aliphatic carbocycles. The second-order valence-corrected chi connectivity index (χ2v) is 14.8. The molecule has 254 valence electrons. The molecule has 0 bridgehead atoms. The van der Waals surface area contributed by atoms with Crippen molar-refractivity contribution in [2.45, 2.75) is 31.6 Å². The Morgan fingerprint density at radius 3 is 1.79 bits per heavy atom. The minimum absolute atomic E-state index is 0.0423. The standard InChI is InChI=1S/C50H39N3/c1-50(2)43-24-14-13-21-39(43)40-30-29-36(31-44(40)50)32-25-27-33(28-26-32)45-41-22-11-9-19-37(41)38-20-10-12-23-42(38)46(45)49-52-47(34-15-5-3-6-16-34)51-48(53-49)35-17-7-4-8-18-35/h3-31,47,49,52H,1-2H3,(H,51,53). The van der Waals surface area contributed by atoms with Crippen LogP contribution >= 0.6 is 0 Å². The van der Waals surface area contributed by atoms with Gasteiger partial charge in [0.2, 0.25) is 0 Å². The van der Waals surface area contributed by atoms with Crippen molar-refractivity contribution in [3.05, 3.63) is 204 Å². The molecule has 8 aromatic carbocycles. The van der Waals surface area contributed by atoms with Crippen LogP contribution in [0.15, 0.2) is 181 Å². The zero-order valence-electron chi connectivity index (χ0n) is 29.8. The van der Waals surface area contributed by atoms with Crippen LogP contribution in [0, 0.1) is 0 Å². The van der Waals surface area contributed by atoms with E-state index in [9.17, 15) is 0 Å². The van der Waals surface area contributed by atoms with Crippen LogP contribution in [0.2, 0.25) is 0 Å². The van der Waals surface area contributed by atoms with Gasteiger partial charge in [-0.05, 0) is 77.7 Å². The largest absolute Gasteiger partial charge is 0.350 e. The Kier molecular flexibility index (Phi) is 7.38. The number of hydrogen-bond donors (Lipinski definition) is 2. The Balaban J connectivity index is 1.15. The van der Waals surface area contributed by atoms with E-state index in [2.05, 4.69) is 200 Å². The molecule has 0 aromatic heterocycles. The van der Waals surface area contributed by atoms with Gasteiger partial charge in [-0.25, -0.2) is 4.99 Å². The number of nitrogens with one attached hydrogen (secondary N) is 2. The van der Waals surface area contributed by atoms with Gasteiger partial charge in [0.15, 0.2) is 0 Å². The van der Waals surface area contributed by atoms with Gasteiger partial charge in [0.1, 0.15) is 18.2 Å². The fourth-order valence-electron chi connectivity index (χ4n) is 8.74. The summed E-state index contributed by atoms with van der Waals surface area (Å²) in [5, 5.41) is 12.6. The first-order valence-corrected chi connectivity index (χ1v) is 18.5. The fraction of sp³-hybridized carbons (Fsp3) is 0.100. The number of rotatable bonds is 5. The zero-order valence-corrected chi connectivity index (χ0v) is 29.8. The van der Waals surface area contributed by atoms with Crippen molar-refractivity contribution in [3.8, 4) is 33.4 Å². The summed E-state index contributed by atoms with van der Waals surface area (Å²) in [6, 6.07) is 63.8. The molecule has 8 aromatic rings. The van der Waals surface area contributed by atoms with Crippen LogP contribution in [0.25, 0.3) is 54.9 Å². The number of aliphatic imine (C=N–C) groups is 1. The number of fused-ring (bicyclic) bond motifs is 6. The van der Waals surface area contributed by atoms with Gasteiger partial charge in [0, 0.05) is 16.5 Å². The molecule has 0 saturated heterocycles. The Morgan fingerprint density at radius 2 is 1.04 bits per heavy atom. The highest BCUT2D eigenvalue weighted by molar-refractivity contribution is 6.16. The van der Waals surface area contributed by atoms with Gasteiger partial charge in [-0.3, -0.25) is 5.32 Å². The van der Waals surface area contributed by atoms with Crippen LogP contribution in [0.5, 0.6) is 0 Å². The third kappa shape index (κ3) is 5.19. The lowest BCUT2D eigenvalue weighted by atomic mass is 9.81. The van der Waals surface area contributed by atoms with Gasteiger partial charge >= 0.3 is 0 Å². The lowest BCUT2D eigenvalue weighted by Crippen LogP contribution is -2.45. The maximum absolute atomic E-state index is 5.46. The van der Waals surface area contributed by atoms with Gasteiger partial charge in [-0.1, -0.05) is 184 Å². The first-order valence-electron chi connectivity index (χ1n) is 18.5. The molecule has 0 saturated carbocycles. The lowest BCUT2D eigenvalue weighted by Gasteiger charge is -2.34. The highest BCUT2D eigenvalue weighted by Crippen LogP contribution is 2.50. The average molecular weight is 682 g/mol. The van der Waals surface area contributed by atoms with E-state index in [1.54, 1.807) is 0 Å². The average Bonchev–Trinajstić information content (AvgIpc) is 3.46. The van der Waals surface area contributed by atoms with Crippen molar-refractivity contribution >= 4 is 27.4 Å². The Morgan fingerprint density at radius 1 is 0.472 bits per heavy atom. The highest BCUT2D eigenvalue weighted by Gasteiger charge is 2.35. The molecule has 53 heavy (non-hydrogen) atoms. The molecule has 0 radical (unpaired) electrons. The Labute approximate surface area is 310 Å². The van der Waals surface area contributed by atoms with E-state index in [1.807, 2.05) is 0 Å². The van der Waals surface area contributed by atoms with Crippen molar-refractivity contribution in [3.63, 3.8) is 0 Å². The number of hydrogen-bond acceptors (Lipinski definition) is 3. The molecule has 1 aliphatic heterocycles. The van der Waals surface area contributed by atoms with E-state index in [0.29, 0.717) is 0 Å². The smallest absolute Gasteiger partial charge is 0.131 e. The summed E-state index contributed by atoms with van der Waals surface area (Å²) in [6.07, 6.45) is -0.453. The fourth-order valence-corrected chi connectivity index (χ4v) is 8.74. The number of benzene rings is 8. The number of amidine groups is 1. The first-order chi connectivity index (χ1) is 26.0. The van der Waals surface area contributed by atoms with Crippen LogP contribution in [0.1, 0.15) is 54.0 Å². The summed E-state index contributed by atoms with van der Waals surface area (Å²) >= 11 is 0. The van der Waals surface area contributed by atoms with Crippen LogP contribution in [-0.4, -0.2) is 5.84 Å². The van der Waals surface area contributed by atoms with Gasteiger partial charge in [0.05, 0.1) is 0 Å². The van der Waals surface area contributed by atoms with Gasteiger partial charge in [-0.2, -0.15) is 0 Å². The second kappa shape index (κ2) is 12.4. The van der Waals surface area contributed by atoms with Crippen molar-refractivity contribution in [1.82, 2.24) is 10.6 Å². The molecule has 3 nitrogen and oxygen atoms in total. The topological polar surface area (TPSA) is 36.4 Å². The van der Waals surface area contributed by atoms with Crippen molar-refractivity contribution in [2.24, 2.45) is 4.99 Å². The summed E-state index contributed by atoms with van der Waals surface area (Å²) in [7, 11) is 0. The van der Waals surface area contributed by atoms with Crippen molar-refractivity contribution in [2.75, 3.05) is 0 Å². The van der Waals surface area contributed by atoms with Crippen molar-refractivity contribution < 1.29 is 0 Å². The predicted molar refractivity (Wildman–Crippen MR) is 221 cm³/mol. The molecule has 0 spiro atoms. The van der Waals surface area contributed by atoms with E-state index in [-0.39, 0.29) is 17.7 Å². The van der Waals surface area contributed by atoms with Gasteiger partial charge in [0.25, 0.3) is 0 Å². The lowest BCUT2D eigenvalue weighted by molar-refractivity contribution is 0.411. The minimum atomic E-state index is -0.318. The second-order valence-electron chi connectivity index (χ2n) is 14.8. The SMILES string of the molecule is CC1(C)c2ccccc2-c2ccc(-c3ccc(-c4c(C5N=C(c6ccccc6)NC(c6ccccc6)N5)c5ccccc5c5ccccc45)cc3)cc21. The maximum Gasteiger partial charge on any atom is 0.131 e. The molecular formula is C50H39N3. The van der Waals surface area contributed by atoms with Gasteiger partial charge < -0.3 is 5.32 Å². The molecular weight excluding hydrogens is 643 g/mol. The summed E-state index contributed by atoms with van der Waals surface area (Å²) in [5.74, 6) is 0.878. The highest BCUT2D eigenvalue weighted by atomic mass is 15.3. The molecule has 2 aliphatic rings. The summed E-state index contributed by atoms with van der Waals surface area (Å²) in [4.78, 5) is 5.46. The Bertz CT molecular complexity index is 2690. The number of nitrogens with zero attached hydrogens (tertiary/aromatic N) is 1. The maximum atomic E-state index is 5.46. The molecule has 10 rings (SSSR count). The zero-order chi connectivity index (χ0) is 35.5. The summed E-state index contributed by atoms with van der Waals surface area (Å²) < 4.78 is 0. The predicted octanol–water partition coefficient (Wildman–Crippen LogP) is 12.0. The normalized spacial score (nSPS) is 17.2. The van der Waals surface area contributed by atoms with Crippen LogP contribution in [0.3, 0.4) is 0 Å². The molecule has 2 N–H and O–H groups in total. The molecule has 3 heteroatoms. The summed E-state index contributed by atoms with van der Waals surface area (Å²) in [6.45, 7) is 4.69. The van der Waals surface area contributed by atoms with E-state index < -0.39 is 0 Å². The van der Waals surface area contributed by atoms with Crippen LogP contribution in [-0.2, 0) is 5.41 Å². The molecule has 2 unspecified atom stereocenters. The summed E-state index contributed by atoms with van der Waals surface area (Å²) in [5.41, 5.74) is 13.7. The molecule has 1 heterocycles.